The van der Waals surface area contributed by atoms with Crippen LogP contribution >= 0.6 is 11.3 Å². The lowest BCUT2D eigenvalue weighted by atomic mass is 10.1. The van der Waals surface area contributed by atoms with E-state index in [0.29, 0.717) is 16.3 Å². The maximum Gasteiger partial charge on any atom is 0.435 e. The second kappa shape index (κ2) is 7.16. The zero-order valence-electron chi connectivity index (χ0n) is 17.2. The van der Waals surface area contributed by atoms with Gasteiger partial charge in [0.15, 0.2) is 10.7 Å². The number of fused-ring (bicyclic) bond motifs is 1. The molecule has 2 aliphatic rings. The average molecular weight is 453 g/mol. The van der Waals surface area contributed by atoms with Crippen LogP contribution in [0.5, 0.6) is 0 Å². The van der Waals surface area contributed by atoms with E-state index in [4.69, 9.17) is 0 Å². The molecule has 0 amide bonds. The molecule has 2 aliphatic carbocycles. The summed E-state index contributed by atoms with van der Waals surface area (Å²) in [6.45, 7) is 4.23. The first-order chi connectivity index (χ1) is 14.7. The van der Waals surface area contributed by atoms with E-state index in [9.17, 15) is 23.1 Å². The molecule has 0 radical (unpaired) electrons. The third-order valence-electron chi connectivity index (χ3n) is 6.08. The fraction of sp³-hybridized carbons (Fsp3) is 0.571. The van der Waals surface area contributed by atoms with Gasteiger partial charge in [-0.05, 0) is 37.2 Å². The molecule has 2 unspecified atom stereocenters. The molecule has 10 heteroatoms. The summed E-state index contributed by atoms with van der Waals surface area (Å²) in [5, 5.41) is 13.3. The molecule has 2 fully saturated rings. The number of hydrogen-bond donors (Lipinski definition) is 1. The number of halogens is 3. The third-order valence-corrected chi connectivity index (χ3v) is 7.43. The molecule has 2 saturated carbocycles. The monoisotopic (exact) mass is 452 g/mol. The van der Waals surface area contributed by atoms with E-state index in [1.165, 1.54) is 22.1 Å². The van der Waals surface area contributed by atoms with Gasteiger partial charge in [-0.2, -0.15) is 18.3 Å². The standard InChI is InChI=1S/C21H23F3N4O2S/c1-10(2)19-18(14-5-12(14)9-29)28-17(30)6-13(25-20(28)31-19)8-27-15(11-3-4-11)7-16(26-27)21(22,23)24/h6-7,10-12,14,29H,3-5,8-9H2,1-2H3. The zero-order chi connectivity index (χ0) is 22.1. The highest BCUT2D eigenvalue weighted by Crippen LogP contribution is 2.50. The Labute approximate surface area is 180 Å². The van der Waals surface area contributed by atoms with Crippen molar-refractivity contribution in [3.05, 3.63) is 50.1 Å². The Morgan fingerprint density at radius 3 is 2.61 bits per heavy atom. The minimum Gasteiger partial charge on any atom is -0.396 e. The van der Waals surface area contributed by atoms with E-state index in [1.807, 2.05) is 0 Å². The molecule has 0 aliphatic heterocycles. The Morgan fingerprint density at radius 1 is 1.29 bits per heavy atom. The van der Waals surface area contributed by atoms with Crippen molar-refractivity contribution in [3.63, 3.8) is 0 Å². The van der Waals surface area contributed by atoms with E-state index >= 15 is 0 Å². The predicted molar refractivity (Wildman–Crippen MR) is 110 cm³/mol. The van der Waals surface area contributed by atoms with Crippen LogP contribution in [0.1, 0.15) is 78.5 Å². The van der Waals surface area contributed by atoms with E-state index < -0.39 is 11.9 Å². The molecular weight excluding hydrogens is 429 g/mol. The van der Waals surface area contributed by atoms with Crippen molar-refractivity contribution < 1.29 is 18.3 Å². The van der Waals surface area contributed by atoms with Crippen LogP contribution in [0.3, 0.4) is 0 Å². The molecule has 31 heavy (non-hydrogen) atoms. The lowest BCUT2D eigenvalue weighted by Crippen LogP contribution is -2.19. The molecule has 166 valence electrons. The van der Waals surface area contributed by atoms with E-state index in [-0.39, 0.29) is 42.4 Å². The van der Waals surface area contributed by atoms with Crippen LogP contribution in [-0.2, 0) is 12.7 Å². The molecule has 0 bridgehead atoms. The summed E-state index contributed by atoms with van der Waals surface area (Å²) in [6, 6.07) is 2.51. The van der Waals surface area contributed by atoms with Crippen molar-refractivity contribution in [3.8, 4) is 0 Å². The van der Waals surface area contributed by atoms with E-state index in [2.05, 4.69) is 23.9 Å². The quantitative estimate of drug-likeness (QED) is 0.611. The third kappa shape index (κ3) is 3.69. The van der Waals surface area contributed by atoms with Gasteiger partial charge in [-0.3, -0.25) is 13.9 Å². The molecule has 1 N–H and O–H groups in total. The molecule has 3 aromatic heterocycles. The van der Waals surface area contributed by atoms with Crippen LogP contribution < -0.4 is 5.56 Å². The van der Waals surface area contributed by atoms with Crippen molar-refractivity contribution in [1.82, 2.24) is 19.2 Å². The highest BCUT2D eigenvalue weighted by molar-refractivity contribution is 7.17. The molecule has 6 nitrogen and oxygen atoms in total. The van der Waals surface area contributed by atoms with Gasteiger partial charge in [0.2, 0.25) is 0 Å². The number of aliphatic hydroxyl groups excluding tert-OH is 1. The van der Waals surface area contributed by atoms with Crippen LogP contribution in [0.4, 0.5) is 13.2 Å². The average Bonchev–Trinajstić information content (AvgIpc) is 3.60. The second-order valence-corrected chi connectivity index (χ2v) is 9.89. The SMILES string of the molecule is CC(C)c1sc2nc(Cn3nc(C(F)(F)F)cc3C3CC3)cc(=O)n2c1C1CC1CO. The normalized spacial score (nSPS) is 21.4. The van der Waals surface area contributed by atoms with Gasteiger partial charge in [0.05, 0.1) is 12.2 Å². The predicted octanol–water partition coefficient (Wildman–Crippen LogP) is 4.12. The molecule has 0 spiro atoms. The highest BCUT2D eigenvalue weighted by atomic mass is 32.1. The summed E-state index contributed by atoms with van der Waals surface area (Å²) in [5.41, 5.74) is 0.735. The number of hydrogen-bond acceptors (Lipinski definition) is 5. The Kier molecular flexibility index (Phi) is 4.78. The minimum absolute atomic E-state index is 0.0284. The molecular formula is C21H23F3N4O2S. The van der Waals surface area contributed by atoms with Crippen molar-refractivity contribution in [1.29, 1.82) is 0 Å². The maximum absolute atomic E-state index is 13.2. The molecule has 0 saturated heterocycles. The van der Waals surface area contributed by atoms with E-state index in [0.717, 1.165) is 35.9 Å². The Bertz CT molecular complexity index is 1210. The molecule has 0 aromatic carbocycles. The van der Waals surface area contributed by atoms with Gasteiger partial charge in [-0.1, -0.05) is 13.8 Å². The molecule has 3 heterocycles. The first-order valence-corrected chi connectivity index (χ1v) is 11.3. The van der Waals surface area contributed by atoms with Crippen LogP contribution in [0.2, 0.25) is 0 Å². The van der Waals surface area contributed by atoms with Crippen molar-refractivity contribution in [2.75, 3.05) is 6.61 Å². The second-order valence-electron chi connectivity index (χ2n) is 8.88. The molecule has 3 aromatic rings. The maximum atomic E-state index is 13.2. The Balaban J connectivity index is 1.56. The van der Waals surface area contributed by atoms with Crippen molar-refractivity contribution in [2.45, 2.75) is 63.6 Å². The van der Waals surface area contributed by atoms with Crippen LogP contribution in [0, 0.1) is 5.92 Å². The topological polar surface area (TPSA) is 72.4 Å². The van der Waals surface area contributed by atoms with Gasteiger partial charge in [-0.15, -0.1) is 11.3 Å². The summed E-state index contributed by atoms with van der Waals surface area (Å²) in [4.78, 5) is 19.3. The minimum atomic E-state index is -4.51. The number of rotatable bonds is 6. The highest BCUT2D eigenvalue weighted by Gasteiger charge is 2.42. The smallest absolute Gasteiger partial charge is 0.396 e. The van der Waals surface area contributed by atoms with Gasteiger partial charge >= 0.3 is 6.18 Å². The van der Waals surface area contributed by atoms with Gasteiger partial charge in [-0.25, -0.2) is 4.98 Å². The van der Waals surface area contributed by atoms with Crippen molar-refractivity contribution in [2.24, 2.45) is 5.92 Å². The first-order valence-electron chi connectivity index (χ1n) is 10.5. The van der Waals surface area contributed by atoms with Gasteiger partial charge in [0.25, 0.3) is 5.56 Å². The first kappa shape index (κ1) is 20.7. The lowest BCUT2D eigenvalue weighted by molar-refractivity contribution is -0.141. The van der Waals surface area contributed by atoms with Crippen LogP contribution in [0.25, 0.3) is 4.96 Å². The number of aliphatic hydroxyl groups is 1. The fourth-order valence-electron chi connectivity index (χ4n) is 4.24. The zero-order valence-corrected chi connectivity index (χ0v) is 18.0. The Morgan fingerprint density at radius 2 is 2.03 bits per heavy atom. The summed E-state index contributed by atoms with van der Waals surface area (Å²) >= 11 is 1.44. The fourth-order valence-corrected chi connectivity index (χ4v) is 5.46. The summed E-state index contributed by atoms with van der Waals surface area (Å²) in [7, 11) is 0. The number of thiazole rings is 1. The van der Waals surface area contributed by atoms with Crippen LogP contribution in [-0.4, -0.2) is 30.9 Å². The van der Waals surface area contributed by atoms with E-state index in [1.54, 1.807) is 4.40 Å². The largest absolute Gasteiger partial charge is 0.435 e. The summed E-state index contributed by atoms with van der Waals surface area (Å²) < 4.78 is 42.5. The summed E-state index contributed by atoms with van der Waals surface area (Å²) in [5.74, 6) is 0.585. The number of nitrogens with zero attached hydrogens (tertiary/aromatic N) is 4. The lowest BCUT2D eigenvalue weighted by Gasteiger charge is -2.08. The summed E-state index contributed by atoms with van der Waals surface area (Å²) in [6.07, 6.45) is -1.97. The molecule has 5 rings (SSSR count). The number of alkyl halides is 3. The van der Waals surface area contributed by atoms with Crippen LogP contribution in [0.15, 0.2) is 16.9 Å². The van der Waals surface area contributed by atoms with Crippen molar-refractivity contribution >= 4 is 16.3 Å². The van der Waals surface area contributed by atoms with Gasteiger partial charge in [0.1, 0.15) is 0 Å². The van der Waals surface area contributed by atoms with Gasteiger partial charge < -0.3 is 5.11 Å². The molecule has 2 atom stereocenters. The Hall–Kier alpha value is -2.20. The van der Waals surface area contributed by atoms with Gasteiger partial charge in [0, 0.05) is 40.8 Å². The number of aromatic nitrogens is 4.